The molecule has 0 aromatic rings. The Labute approximate surface area is 165 Å². The van der Waals surface area contributed by atoms with Crippen LogP contribution in [-0.2, 0) is 33.5 Å². The van der Waals surface area contributed by atoms with Crippen LogP contribution in [0.1, 0.15) is 60.3 Å². The molecule has 1 aliphatic heterocycles. The minimum absolute atomic E-state index is 0. The Morgan fingerprint density at radius 2 is 1.59 bits per heavy atom. The molecule has 1 N–H and O–H groups in total. The van der Waals surface area contributed by atoms with Crippen LogP contribution in [0.5, 0.6) is 0 Å². The molecule has 0 spiro atoms. The van der Waals surface area contributed by atoms with Crippen LogP contribution in [-0.4, -0.2) is 46.4 Å². The van der Waals surface area contributed by atoms with Crippen LogP contribution in [0.15, 0.2) is 0 Å². The van der Waals surface area contributed by atoms with Crippen LogP contribution in [0.2, 0.25) is 0 Å². The first-order valence-corrected chi connectivity index (χ1v) is 8.49. The van der Waals surface area contributed by atoms with Crippen molar-refractivity contribution >= 4 is 43.2 Å². The molecule has 1 aliphatic rings. The Morgan fingerprint density at radius 1 is 1.07 bits per heavy atom. The van der Waals surface area contributed by atoms with Crippen molar-refractivity contribution in [2.75, 3.05) is 0 Å². The summed E-state index contributed by atoms with van der Waals surface area (Å²) in [6.07, 6.45) is -0.583. The van der Waals surface area contributed by atoms with Crippen molar-refractivity contribution in [3.8, 4) is 0 Å². The summed E-state index contributed by atoms with van der Waals surface area (Å²) in [5, 5.41) is 2.97. The summed E-state index contributed by atoms with van der Waals surface area (Å²) in [6, 6.07) is -0.848. The number of esters is 1. The first-order chi connectivity index (χ1) is 11.9. The van der Waals surface area contributed by atoms with Gasteiger partial charge in [-0.2, -0.15) is 13.5 Å². The van der Waals surface area contributed by atoms with Gasteiger partial charge in [0.2, 0.25) is 5.91 Å². The normalized spacial score (nSPS) is 15.3. The number of amides is 3. The van der Waals surface area contributed by atoms with Crippen molar-refractivity contribution in [3.63, 3.8) is 0 Å². The van der Waals surface area contributed by atoms with E-state index in [0.29, 0.717) is 5.06 Å². The van der Waals surface area contributed by atoms with E-state index in [1.54, 1.807) is 34.6 Å². The van der Waals surface area contributed by atoms with Crippen LogP contribution in [0, 0.1) is 5.92 Å². The molecule has 0 aromatic carbocycles. The first-order valence-electron chi connectivity index (χ1n) is 8.49. The molecule has 0 aromatic heterocycles. The second-order valence-electron chi connectivity index (χ2n) is 7.37. The Balaban J connectivity index is 0.00000676. The number of hydrogen-bond acceptors (Lipinski definition) is 7. The summed E-state index contributed by atoms with van der Waals surface area (Å²) in [5.74, 6) is -3.35. The third-order valence-corrected chi connectivity index (χ3v) is 3.40. The second kappa shape index (κ2) is 10.3. The lowest BCUT2D eigenvalue weighted by Crippen LogP contribution is -2.47. The molecule has 27 heavy (non-hydrogen) atoms. The molecular formula is C17H28N2O7S. The van der Waals surface area contributed by atoms with Gasteiger partial charge in [-0.3, -0.25) is 14.4 Å². The summed E-state index contributed by atoms with van der Waals surface area (Å²) in [6.45, 7) is 8.69. The van der Waals surface area contributed by atoms with E-state index in [1.807, 2.05) is 0 Å². The largest absolute Gasteiger partial charge is 0.458 e. The minimum atomic E-state index is -0.873. The fourth-order valence-electron chi connectivity index (χ4n) is 2.13. The maximum absolute atomic E-state index is 12.2. The quantitative estimate of drug-likeness (QED) is 0.496. The molecule has 1 atom stereocenters. The first kappa shape index (κ1) is 24.9. The lowest BCUT2D eigenvalue weighted by atomic mass is 10.0. The van der Waals surface area contributed by atoms with Gasteiger partial charge in [-0.15, -0.1) is 5.06 Å². The van der Waals surface area contributed by atoms with E-state index in [4.69, 9.17) is 4.74 Å². The Kier molecular flexibility index (Phi) is 9.49. The van der Waals surface area contributed by atoms with Crippen LogP contribution < -0.4 is 5.32 Å². The highest BCUT2D eigenvalue weighted by molar-refractivity contribution is 7.59. The molecule has 1 rings (SSSR count). The molecule has 0 aliphatic carbocycles. The Morgan fingerprint density at radius 3 is 2.04 bits per heavy atom. The predicted molar refractivity (Wildman–Crippen MR) is 99.4 cm³/mol. The highest BCUT2D eigenvalue weighted by Crippen LogP contribution is 2.14. The highest BCUT2D eigenvalue weighted by Gasteiger charge is 2.33. The molecule has 0 unspecified atom stereocenters. The van der Waals surface area contributed by atoms with Gasteiger partial charge in [-0.1, -0.05) is 13.8 Å². The zero-order valence-electron chi connectivity index (χ0n) is 16.3. The fourth-order valence-corrected chi connectivity index (χ4v) is 2.13. The third kappa shape index (κ3) is 8.42. The number of carbonyl (C=O) groups is 5. The Bertz CT molecular complexity index is 583. The van der Waals surface area contributed by atoms with E-state index in [-0.39, 0.29) is 45.1 Å². The summed E-state index contributed by atoms with van der Waals surface area (Å²) in [5.41, 5.74) is -0.687. The zero-order valence-corrected chi connectivity index (χ0v) is 17.3. The number of imide groups is 1. The maximum atomic E-state index is 12.2. The van der Waals surface area contributed by atoms with Crippen molar-refractivity contribution in [2.24, 2.45) is 5.92 Å². The van der Waals surface area contributed by atoms with E-state index >= 15 is 0 Å². The summed E-state index contributed by atoms with van der Waals surface area (Å²) >= 11 is 0. The predicted octanol–water partition coefficient (Wildman–Crippen LogP) is 0.969. The standard InChI is InChI=1S/C17H26N2O7.H2S/c1-10(2)15(16(24)25-17(3,4)5)18-11(20)6-9-14(23)26-19-12(21)7-8-13(19)22;/h10,15H,6-9H2,1-5H3,(H,18,20);1H2/t15-;/m0./s1. The monoisotopic (exact) mass is 404 g/mol. The molecule has 1 fully saturated rings. The van der Waals surface area contributed by atoms with Gasteiger partial charge in [0.1, 0.15) is 11.6 Å². The van der Waals surface area contributed by atoms with Crippen molar-refractivity contribution in [3.05, 3.63) is 0 Å². The minimum Gasteiger partial charge on any atom is -0.458 e. The number of nitrogens with one attached hydrogen (secondary N) is 1. The zero-order chi connectivity index (χ0) is 20.1. The lowest BCUT2D eigenvalue weighted by Gasteiger charge is -2.26. The van der Waals surface area contributed by atoms with E-state index in [9.17, 15) is 24.0 Å². The molecule has 0 saturated carbocycles. The van der Waals surface area contributed by atoms with Crippen LogP contribution in [0.25, 0.3) is 0 Å². The van der Waals surface area contributed by atoms with Crippen LogP contribution >= 0.6 is 13.5 Å². The Hall–Kier alpha value is -2.10. The molecular weight excluding hydrogens is 376 g/mol. The average Bonchev–Trinajstić information content (AvgIpc) is 2.80. The number of hydroxylamine groups is 2. The molecule has 1 heterocycles. The van der Waals surface area contributed by atoms with Crippen molar-refractivity contribution in [2.45, 2.75) is 71.9 Å². The third-order valence-electron chi connectivity index (χ3n) is 3.40. The molecule has 0 radical (unpaired) electrons. The van der Waals surface area contributed by atoms with Gasteiger partial charge in [-0.25, -0.2) is 9.59 Å². The number of hydrogen-bond donors (Lipinski definition) is 1. The van der Waals surface area contributed by atoms with Gasteiger partial charge in [0, 0.05) is 19.3 Å². The molecule has 9 nitrogen and oxygen atoms in total. The average molecular weight is 404 g/mol. The maximum Gasteiger partial charge on any atom is 0.333 e. The SMILES string of the molecule is CC(C)[C@H](NC(=O)CCC(=O)ON1C(=O)CCC1=O)C(=O)OC(C)(C)C.S. The topological polar surface area (TPSA) is 119 Å². The van der Waals surface area contributed by atoms with Crippen molar-refractivity contribution in [1.29, 1.82) is 0 Å². The van der Waals surface area contributed by atoms with E-state index in [2.05, 4.69) is 10.2 Å². The van der Waals surface area contributed by atoms with E-state index < -0.39 is 41.3 Å². The number of nitrogens with zero attached hydrogens (tertiary/aromatic N) is 1. The van der Waals surface area contributed by atoms with E-state index in [1.165, 1.54) is 0 Å². The van der Waals surface area contributed by atoms with Crippen molar-refractivity contribution in [1.82, 2.24) is 10.4 Å². The molecule has 0 bridgehead atoms. The molecule has 1 saturated heterocycles. The summed E-state index contributed by atoms with van der Waals surface area (Å²) < 4.78 is 5.27. The number of ether oxygens (including phenoxy) is 1. The van der Waals surface area contributed by atoms with Gasteiger partial charge >= 0.3 is 11.9 Å². The van der Waals surface area contributed by atoms with E-state index in [0.717, 1.165) is 0 Å². The second-order valence-corrected chi connectivity index (χ2v) is 7.37. The molecule has 3 amide bonds. The van der Waals surface area contributed by atoms with Crippen molar-refractivity contribution < 1.29 is 33.5 Å². The highest BCUT2D eigenvalue weighted by atomic mass is 32.1. The van der Waals surface area contributed by atoms with Crippen LogP contribution in [0.3, 0.4) is 0 Å². The van der Waals surface area contributed by atoms with Gasteiger partial charge in [0.25, 0.3) is 11.8 Å². The van der Waals surface area contributed by atoms with Crippen LogP contribution in [0.4, 0.5) is 0 Å². The van der Waals surface area contributed by atoms with Gasteiger partial charge in [-0.05, 0) is 26.7 Å². The van der Waals surface area contributed by atoms with Gasteiger partial charge < -0.3 is 14.9 Å². The molecule has 10 heteroatoms. The summed E-state index contributed by atoms with van der Waals surface area (Å²) in [7, 11) is 0. The lowest BCUT2D eigenvalue weighted by molar-refractivity contribution is -0.197. The summed E-state index contributed by atoms with van der Waals surface area (Å²) in [4.78, 5) is 63.3. The number of carbonyl (C=O) groups excluding carboxylic acids is 5. The van der Waals surface area contributed by atoms with Gasteiger partial charge in [0.15, 0.2) is 0 Å². The fraction of sp³-hybridized carbons (Fsp3) is 0.706. The number of rotatable bonds is 7. The smallest absolute Gasteiger partial charge is 0.333 e. The molecule has 154 valence electrons. The van der Waals surface area contributed by atoms with Gasteiger partial charge in [0.05, 0.1) is 6.42 Å².